The van der Waals surface area contributed by atoms with E-state index in [9.17, 15) is 5.11 Å². The van der Waals surface area contributed by atoms with E-state index >= 15 is 0 Å². The Morgan fingerprint density at radius 2 is 1.70 bits per heavy atom. The molecular formula is C17H24N2O. The van der Waals surface area contributed by atoms with Crippen LogP contribution in [-0.2, 0) is 6.42 Å². The summed E-state index contributed by atoms with van der Waals surface area (Å²) in [5, 5.41) is 14.5. The van der Waals surface area contributed by atoms with Gasteiger partial charge in [0.15, 0.2) is 0 Å². The van der Waals surface area contributed by atoms with Crippen molar-refractivity contribution >= 4 is 0 Å². The summed E-state index contributed by atoms with van der Waals surface area (Å²) in [6, 6.07) is 8.63. The Morgan fingerprint density at radius 1 is 1.10 bits per heavy atom. The molecule has 0 saturated heterocycles. The summed E-state index contributed by atoms with van der Waals surface area (Å²) in [4.78, 5) is 0. The van der Waals surface area contributed by atoms with E-state index in [-0.39, 0.29) is 11.9 Å². The summed E-state index contributed by atoms with van der Waals surface area (Å²) in [6.45, 7) is 10.6. The molecular weight excluding hydrogens is 248 g/mol. The van der Waals surface area contributed by atoms with Gasteiger partial charge in [-0.1, -0.05) is 43.7 Å². The van der Waals surface area contributed by atoms with Crippen LogP contribution < -0.4 is 0 Å². The van der Waals surface area contributed by atoms with Crippen molar-refractivity contribution in [2.24, 2.45) is 5.92 Å². The second-order valence-corrected chi connectivity index (χ2v) is 6.15. The molecule has 0 bridgehead atoms. The molecule has 1 aromatic heterocycles. The van der Waals surface area contributed by atoms with Crippen molar-refractivity contribution in [3.05, 3.63) is 35.4 Å². The first-order valence-corrected chi connectivity index (χ1v) is 7.27. The van der Waals surface area contributed by atoms with Gasteiger partial charge in [0.2, 0.25) is 5.88 Å². The zero-order valence-electron chi connectivity index (χ0n) is 13.0. The average molecular weight is 272 g/mol. The fraction of sp³-hybridized carbons (Fsp3) is 0.471. The largest absolute Gasteiger partial charge is 0.492 e. The van der Waals surface area contributed by atoms with Gasteiger partial charge in [-0.3, -0.25) is 4.68 Å². The first-order chi connectivity index (χ1) is 9.40. The molecule has 0 atom stereocenters. The molecule has 3 nitrogen and oxygen atoms in total. The molecule has 1 heterocycles. The number of benzene rings is 1. The first-order valence-electron chi connectivity index (χ1n) is 7.27. The number of hydrogen-bond donors (Lipinski definition) is 1. The van der Waals surface area contributed by atoms with E-state index in [0.717, 1.165) is 23.2 Å². The number of aryl methyl sites for hydroxylation is 1. The molecule has 0 aliphatic rings. The Hall–Kier alpha value is -1.77. The van der Waals surface area contributed by atoms with E-state index < -0.39 is 0 Å². The lowest BCUT2D eigenvalue weighted by Gasteiger charge is -2.13. The maximum Gasteiger partial charge on any atom is 0.234 e. The summed E-state index contributed by atoms with van der Waals surface area (Å²) in [5.41, 5.74) is 4.36. The van der Waals surface area contributed by atoms with Crippen LogP contribution in [0.2, 0.25) is 0 Å². The fourth-order valence-corrected chi connectivity index (χ4v) is 2.44. The lowest BCUT2D eigenvalue weighted by molar-refractivity contribution is 0.421. The lowest BCUT2D eigenvalue weighted by atomic mass is 9.98. The topological polar surface area (TPSA) is 38.1 Å². The van der Waals surface area contributed by atoms with E-state index in [1.807, 2.05) is 4.68 Å². The molecule has 0 fully saturated rings. The maximum absolute atomic E-state index is 10.2. The highest BCUT2D eigenvalue weighted by Gasteiger charge is 2.21. The zero-order chi connectivity index (χ0) is 14.9. The van der Waals surface area contributed by atoms with Crippen molar-refractivity contribution in [2.75, 3.05) is 0 Å². The van der Waals surface area contributed by atoms with Crippen LogP contribution in [0.25, 0.3) is 11.3 Å². The third-order valence-corrected chi connectivity index (χ3v) is 3.41. The highest BCUT2D eigenvalue weighted by atomic mass is 16.3. The molecule has 20 heavy (non-hydrogen) atoms. The van der Waals surface area contributed by atoms with E-state index in [1.54, 1.807) is 0 Å². The van der Waals surface area contributed by atoms with E-state index in [4.69, 9.17) is 0 Å². The SMILES string of the molecule is Cc1ccc(-c2c(CC(C)C)c(O)nn2C(C)C)cc1. The standard InChI is InChI=1S/C17H24N2O/c1-11(2)10-15-16(14-8-6-13(5)7-9-14)19(12(3)4)18-17(15)20/h6-9,11-12H,10H2,1-5H3,(H,18,20). The van der Waals surface area contributed by atoms with Crippen LogP contribution in [0.1, 0.15) is 44.9 Å². The van der Waals surface area contributed by atoms with Gasteiger partial charge in [0.05, 0.1) is 5.69 Å². The van der Waals surface area contributed by atoms with Gasteiger partial charge >= 0.3 is 0 Å². The minimum absolute atomic E-state index is 0.169. The van der Waals surface area contributed by atoms with Gasteiger partial charge in [0.25, 0.3) is 0 Å². The Morgan fingerprint density at radius 3 is 2.20 bits per heavy atom. The van der Waals surface area contributed by atoms with Crippen LogP contribution in [0, 0.1) is 12.8 Å². The molecule has 1 N–H and O–H groups in total. The molecule has 0 aliphatic carbocycles. The van der Waals surface area contributed by atoms with Gasteiger partial charge in [0, 0.05) is 17.2 Å². The number of nitrogens with zero attached hydrogens (tertiary/aromatic N) is 2. The number of aromatic hydroxyl groups is 1. The van der Waals surface area contributed by atoms with Gasteiger partial charge in [-0.25, -0.2) is 0 Å². The fourth-order valence-electron chi connectivity index (χ4n) is 2.44. The van der Waals surface area contributed by atoms with E-state index in [2.05, 4.69) is 64.0 Å². The number of hydrogen-bond acceptors (Lipinski definition) is 2. The minimum Gasteiger partial charge on any atom is -0.492 e. The molecule has 2 rings (SSSR count). The molecule has 108 valence electrons. The molecule has 0 saturated carbocycles. The van der Waals surface area contributed by atoms with Crippen LogP contribution in [0.3, 0.4) is 0 Å². The molecule has 0 unspecified atom stereocenters. The van der Waals surface area contributed by atoms with Crippen LogP contribution in [0.15, 0.2) is 24.3 Å². The van der Waals surface area contributed by atoms with Crippen molar-refractivity contribution in [3.8, 4) is 17.1 Å². The monoisotopic (exact) mass is 272 g/mol. The quantitative estimate of drug-likeness (QED) is 0.899. The Bertz CT molecular complexity index is 580. The first kappa shape index (κ1) is 14.6. The smallest absolute Gasteiger partial charge is 0.234 e. The normalized spacial score (nSPS) is 11.6. The molecule has 0 amide bonds. The van der Waals surface area contributed by atoms with Gasteiger partial charge in [-0.15, -0.1) is 5.10 Å². The molecule has 3 heteroatoms. The van der Waals surface area contributed by atoms with Gasteiger partial charge in [-0.2, -0.15) is 0 Å². The Kier molecular flexibility index (Phi) is 4.17. The van der Waals surface area contributed by atoms with Crippen LogP contribution in [-0.4, -0.2) is 14.9 Å². The summed E-state index contributed by atoms with van der Waals surface area (Å²) >= 11 is 0. The molecule has 2 aromatic rings. The van der Waals surface area contributed by atoms with Crippen LogP contribution in [0.4, 0.5) is 0 Å². The van der Waals surface area contributed by atoms with Crippen molar-refractivity contribution in [1.29, 1.82) is 0 Å². The molecule has 0 radical (unpaired) electrons. The summed E-state index contributed by atoms with van der Waals surface area (Å²) in [5.74, 6) is 0.651. The zero-order valence-corrected chi connectivity index (χ0v) is 13.0. The Balaban J connectivity index is 2.60. The van der Waals surface area contributed by atoms with Gasteiger partial charge in [0.1, 0.15) is 0 Å². The minimum atomic E-state index is 0.169. The number of aromatic nitrogens is 2. The molecule has 0 spiro atoms. The third-order valence-electron chi connectivity index (χ3n) is 3.41. The van der Waals surface area contributed by atoms with Gasteiger partial charge < -0.3 is 5.11 Å². The van der Waals surface area contributed by atoms with Crippen LogP contribution >= 0.6 is 0 Å². The maximum atomic E-state index is 10.2. The van der Waals surface area contributed by atoms with Gasteiger partial charge in [-0.05, 0) is 33.1 Å². The highest BCUT2D eigenvalue weighted by molar-refractivity contribution is 5.66. The summed E-state index contributed by atoms with van der Waals surface area (Å²) < 4.78 is 1.93. The van der Waals surface area contributed by atoms with E-state index in [0.29, 0.717) is 5.92 Å². The van der Waals surface area contributed by atoms with Crippen molar-refractivity contribution in [3.63, 3.8) is 0 Å². The van der Waals surface area contributed by atoms with Crippen LogP contribution in [0.5, 0.6) is 5.88 Å². The Labute approximate surface area is 121 Å². The number of rotatable bonds is 4. The molecule has 1 aromatic carbocycles. The summed E-state index contributed by atoms with van der Waals surface area (Å²) in [6.07, 6.45) is 0.835. The average Bonchev–Trinajstić information content (AvgIpc) is 2.68. The van der Waals surface area contributed by atoms with E-state index in [1.165, 1.54) is 5.56 Å². The van der Waals surface area contributed by atoms with Crippen molar-refractivity contribution < 1.29 is 5.11 Å². The highest BCUT2D eigenvalue weighted by Crippen LogP contribution is 2.34. The second-order valence-electron chi connectivity index (χ2n) is 6.15. The van der Waals surface area contributed by atoms with Crippen molar-refractivity contribution in [2.45, 2.75) is 47.1 Å². The predicted molar refractivity (Wildman–Crippen MR) is 83.0 cm³/mol. The molecule has 0 aliphatic heterocycles. The summed E-state index contributed by atoms with van der Waals surface area (Å²) in [7, 11) is 0. The predicted octanol–water partition coefficient (Wildman–Crippen LogP) is 4.34. The third kappa shape index (κ3) is 2.87. The van der Waals surface area contributed by atoms with Crippen molar-refractivity contribution in [1.82, 2.24) is 9.78 Å². The second kappa shape index (κ2) is 5.70. The lowest BCUT2D eigenvalue weighted by Crippen LogP contribution is -2.06.